The summed E-state index contributed by atoms with van der Waals surface area (Å²) in [6.07, 6.45) is 2.99. The van der Waals surface area contributed by atoms with E-state index in [1.54, 1.807) is 11.0 Å². The molecule has 0 bridgehead atoms. The van der Waals surface area contributed by atoms with Crippen LogP contribution in [0.5, 0.6) is 5.75 Å². The van der Waals surface area contributed by atoms with Gasteiger partial charge < -0.3 is 15.7 Å². The van der Waals surface area contributed by atoms with E-state index in [0.29, 0.717) is 23.0 Å². The van der Waals surface area contributed by atoms with Crippen molar-refractivity contribution in [2.45, 2.75) is 19.3 Å². The SMILES string of the molecule is NCCC1CCN(C(=O)c2cc(O)ccc2Cl)CC1. The number of benzene rings is 1. The highest BCUT2D eigenvalue weighted by Gasteiger charge is 2.24. The van der Waals surface area contributed by atoms with Gasteiger partial charge in [-0.1, -0.05) is 11.6 Å². The van der Waals surface area contributed by atoms with E-state index in [-0.39, 0.29) is 11.7 Å². The molecular formula is C14H19ClN2O2. The van der Waals surface area contributed by atoms with Crippen molar-refractivity contribution in [3.63, 3.8) is 0 Å². The average Bonchev–Trinajstić information content (AvgIpc) is 2.42. The van der Waals surface area contributed by atoms with Crippen LogP contribution in [-0.2, 0) is 0 Å². The third-order valence-electron chi connectivity index (χ3n) is 3.66. The molecule has 3 N–H and O–H groups in total. The van der Waals surface area contributed by atoms with E-state index in [9.17, 15) is 9.90 Å². The molecule has 1 aromatic carbocycles. The maximum atomic E-state index is 12.3. The summed E-state index contributed by atoms with van der Waals surface area (Å²) >= 11 is 6.01. The molecule has 4 nitrogen and oxygen atoms in total. The molecule has 1 amide bonds. The predicted molar refractivity (Wildman–Crippen MR) is 75.4 cm³/mol. The third kappa shape index (κ3) is 3.39. The third-order valence-corrected chi connectivity index (χ3v) is 3.99. The van der Waals surface area contributed by atoms with Gasteiger partial charge in [0.15, 0.2) is 0 Å². The standard InChI is InChI=1S/C14H19ClN2O2/c15-13-2-1-11(18)9-12(13)14(19)17-7-4-10(3-6-16)5-8-17/h1-2,9-10,18H,3-8,16H2. The fourth-order valence-corrected chi connectivity index (χ4v) is 2.71. The number of carbonyl (C=O) groups excluding carboxylic acids is 1. The number of phenols is 1. The number of piperidine rings is 1. The highest BCUT2D eigenvalue weighted by molar-refractivity contribution is 6.33. The van der Waals surface area contributed by atoms with E-state index in [1.807, 2.05) is 0 Å². The van der Waals surface area contributed by atoms with Crippen molar-refractivity contribution in [3.8, 4) is 5.75 Å². The zero-order valence-corrected chi connectivity index (χ0v) is 11.6. The fourth-order valence-electron chi connectivity index (χ4n) is 2.51. The molecule has 1 aromatic rings. The van der Waals surface area contributed by atoms with Crippen molar-refractivity contribution in [1.82, 2.24) is 4.90 Å². The summed E-state index contributed by atoms with van der Waals surface area (Å²) in [6, 6.07) is 4.45. The number of amides is 1. The normalized spacial score (nSPS) is 16.6. The molecule has 1 heterocycles. The summed E-state index contributed by atoms with van der Waals surface area (Å²) in [7, 11) is 0. The maximum absolute atomic E-state index is 12.3. The summed E-state index contributed by atoms with van der Waals surface area (Å²) in [5.41, 5.74) is 5.93. The maximum Gasteiger partial charge on any atom is 0.255 e. The fraction of sp³-hybridized carbons (Fsp3) is 0.500. The quantitative estimate of drug-likeness (QED) is 0.893. The molecule has 0 radical (unpaired) electrons. The molecule has 2 rings (SSSR count). The van der Waals surface area contributed by atoms with Crippen LogP contribution in [-0.4, -0.2) is 35.5 Å². The first-order valence-electron chi connectivity index (χ1n) is 6.59. The van der Waals surface area contributed by atoms with Crippen LogP contribution in [0.15, 0.2) is 18.2 Å². The van der Waals surface area contributed by atoms with Crippen molar-refractivity contribution in [2.24, 2.45) is 11.7 Å². The first-order chi connectivity index (χ1) is 9.11. The predicted octanol–water partition coefficient (Wildman–Crippen LogP) is 2.25. The summed E-state index contributed by atoms with van der Waals surface area (Å²) in [4.78, 5) is 14.1. The second kappa shape index (κ2) is 6.26. The Balaban J connectivity index is 2.03. The topological polar surface area (TPSA) is 66.6 Å². The van der Waals surface area contributed by atoms with Crippen molar-refractivity contribution in [2.75, 3.05) is 19.6 Å². The van der Waals surface area contributed by atoms with Gasteiger partial charge in [0, 0.05) is 13.1 Å². The zero-order chi connectivity index (χ0) is 13.8. The van der Waals surface area contributed by atoms with Gasteiger partial charge in [0.05, 0.1) is 10.6 Å². The second-order valence-electron chi connectivity index (χ2n) is 4.98. The smallest absolute Gasteiger partial charge is 0.255 e. The van der Waals surface area contributed by atoms with E-state index in [4.69, 9.17) is 17.3 Å². The van der Waals surface area contributed by atoms with E-state index < -0.39 is 0 Å². The lowest BCUT2D eigenvalue weighted by Crippen LogP contribution is -2.39. The first-order valence-corrected chi connectivity index (χ1v) is 6.97. The van der Waals surface area contributed by atoms with Crippen molar-refractivity contribution < 1.29 is 9.90 Å². The van der Waals surface area contributed by atoms with Crippen molar-refractivity contribution >= 4 is 17.5 Å². The van der Waals surface area contributed by atoms with Gasteiger partial charge in [-0.25, -0.2) is 0 Å². The number of rotatable bonds is 3. The summed E-state index contributed by atoms with van der Waals surface area (Å²) in [6.45, 7) is 2.17. The molecule has 5 heteroatoms. The number of carbonyl (C=O) groups is 1. The molecule has 1 fully saturated rings. The van der Waals surface area contributed by atoms with Gasteiger partial charge in [0.1, 0.15) is 5.75 Å². The van der Waals surface area contributed by atoms with E-state index >= 15 is 0 Å². The lowest BCUT2D eigenvalue weighted by molar-refractivity contribution is 0.0687. The Bertz CT molecular complexity index is 457. The van der Waals surface area contributed by atoms with Crippen LogP contribution in [0, 0.1) is 5.92 Å². The average molecular weight is 283 g/mol. The number of nitrogens with zero attached hydrogens (tertiary/aromatic N) is 1. The number of hydrogen-bond acceptors (Lipinski definition) is 3. The van der Waals surface area contributed by atoms with Crippen molar-refractivity contribution in [1.29, 1.82) is 0 Å². The number of hydrogen-bond donors (Lipinski definition) is 2. The summed E-state index contributed by atoms with van der Waals surface area (Å²) < 4.78 is 0. The van der Waals surface area contributed by atoms with Gasteiger partial charge in [-0.05, 0) is 49.9 Å². The monoisotopic (exact) mass is 282 g/mol. The van der Waals surface area contributed by atoms with Crippen LogP contribution < -0.4 is 5.73 Å². The molecule has 0 spiro atoms. The molecule has 1 aliphatic heterocycles. The Hall–Kier alpha value is -1.26. The van der Waals surface area contributed by atoms with Gasteiger partial charge in [0.2, 0.25) is 0 Å². The molecule has 0 aliphatic carbocycles. The van der Waals surface area contributed by atoms with Crippen molar-refractivity contribution in [3.05, 3.63) is 28.8 Å². The molecule has 0 saturated carbocycles. The molecule has 104 valence electrons. The van der Waals surface area contributed by atoms with Crippen LogP contribution in [0.25, 0.3) is 0 Å². The van der Waals surface area contributed by atoms with Crippen LogP contribution in [0.4, 0.5) is 0 Å². The molecule has 1 saturated heterocycles. The molecule has 0 atom stereocenters. The Morgan fingerprint density at radius 2 is 2.11 bits per heavy atom. The minimum absolute atomic E-state index is 0.0609. The number of aromatic hydroxyl groups is 1. The largest absolute Gasteiger partial charge is 0.508 e. The molecule has 1 aliphatic rings. The number of phenolic OH excluding ortho intramolecular Hbond substituents is 1. The Morgan fingerprint density at radius 3 is 2.74 bits per heavy atom. The lowest BCUT2D eigenvalue weighted by atomic mass is 9.93. The van der Waals surface area contributed by atoms with Gasteiger partial charge in [-0.3, -0.25) is 4.79 Å². The van der Waals surface area contributed by atoms with Gasteiger partial charge in [-0.2, -0.15) is 0 Å². The van der Waals surface area contributed by atoms with Crippen LogP contribution in [0.3, 0.4) is 0 Å². The Kier molecular flexibility index (Phi) is 4.66. The molecule has 0 unspecified atom stereocenters. The minimum atomic E-state index is -0.105. The second-order valence-corrected chi connectivity index (χ2v) is 5.38. The Morgan fingerprint density at radius 1 is 1.42 bits per heavy atom. The Labute approximate surface area is 118 Å². The highest BCUT2D eigenvalue weighted by Crippen LogP contribution is 2.26. The number of halogens is 1. The first kappa shape index (κ1) is 14.2. The number of likely N-dealkylation sites (tertiary alicyclic amines) is 1. The van der Waals surface area contributed by atoms with Gasteiger partial charge in [0.25, 0.3) is 5.91 Å². The van der Waals surface area contributed by atoms with E-state index in [2.05, 4.69) is 0 Å². The summed E-state index contributed by atoms with van der Waals surface area (Å²) in [5, 5.41) is 9.83. The van der Waals surface area contributed by atoms with E-state index in [0.717, 1.165) is 32.4 Å². The summed E-state index contributed by atoms with van der Waals surface area (Å²) in [5.74, 6) is 0.576. The molecule has 0 aromatic heterocycles. The highest BCUT2D eigenvalue weighted by atomic mass is 35.5. The number of nitrogens with two attached hydrogens (primary N) is 1. The van der Waals surface area contributed by atoms with E-state index in [1.165, 1.54) is 12.1 Å². The van der Waals surface area contributed by atoms with Gasteiger partial charge >= 0.3 is 0 Å². The zero-order valence-electron chi connectivity index (χ0n) is 10.8. The van der Waals surface area contributed by atoms with Crippen LogP contribution in [0.2, 0.25) is 5.02 Å². The minimum Gasteiger partial charge on any atom is -0.508 e. The molecular weight excluding hydrogens is 264 g/mol. The molecule has 19 heavy (non-hydrogen) atoms. The lowest BCUT2D eigenvalue weighted by Gasteiger charge is -2.32. The van der Waals surface area contributed by atoms with Crippen LogP contribution >= 0.6 is 11.6 Å². The van der Waals surface area contributed by atoms with Crippen LogP contribution in [0.1, 0.15) is 29.6 Å². The van der Waals surface area contributed by atoms with Gasteiger partial charge in [-0.15, -0.1) is 0 Å².